The molecule has 0 radical (unpaired) electrons. The fourth-order valence-electron chi connectivity index (χ4n) is 1.51. The molecule has 92 valence electrons. The Kier molecular flexibility index (Phi) is 4.68. The van der Waals surface area contributed by atoms with Gasteiger partial charge in [0.1, 0.15) is 0 Å². The first-order chi connectivity index (χ1) is 7.44. The van der Waals surface area contributed by atoms with Gasteiger partial charge in [0.2, 0.25) is 5.91 Å². The second kappa shape index (κ2) is 5.59. The Balaban J connectivity index is 2.37. The normalized spacial score (nSPS) is 21.5. The first kappa shape index (κ1) is 13.4. The molecule has 1 aliphatic heterocycles. The lowest BCUT2D eigenvalue weighted by molar-refractivity contribution is -0.127. The molecule has 4 nitrogen and oxygen atoms in total. The van der Waals surface area contributed by atoms with Gasteiger partial charge in [0.25, 0.3) is 0 Å². The zero-order valence-electron chi connectivity index (χ0n) is 9.91. The highest BCUT2D eigenvalue weighted by molar-refractivity contribution is 7.80. The van der Waals surface area contributed by atoms with Gasteiger partial charge >= 0.3 is 0 Å². The average Bonchev–Trinajstić information content (AvgIpc) is 2.27. The lowest BCUT2D eigenvalue weighted by Crippen LogP contribution is -2.47. The summed E-state index contributed by atoms with van der Waals surface area (Å²) < 4.78 is 5.52. The van der Waals surface area contributed by atoms with Crippen molar-refractivity contribution < 1.29 is 9.53 Å². The molecule has 0 aromatic heterocycles. The Morgan fingerprint density at radius 1 is 1.56 bits per heavy atom. The summed E-state index contributed by atoms with van der Waals surface area (Å²) in [6, 6.07) is 0. The smallest absolute Gasteiger partial charge is 0.232 e. The van der Waals surface area contributed by atoms with Gasteiger partial charge in [-0.1, -0.05) is 12.2 Å². The number of hydrogen-bond acceptors (Lipinski definition) is 3. The molecule has 3 N–H and O–H groups in total. The van der Waals surface area contributed by atoms with E-state index in [4.69, 9.17) is 22.7 Å². The molecule has 5 heteroatoms. The van der Waals surface area contributed by atoms with Gasteiger partial charge in [0.05, 0.1) is 16.5 Å². The number of carbonyl (C=O) groups excluding carboxylic acids is 1. The predicted octanol–water partition coefficient (Wildman–Crippen LogP) is 0.984. The number of amides is 1. The van der Waals surface area contributed by atoms with Crippen molar-refractivity contribution in [1.29, 1.82) is 0 Å². The van der Waals surface area contributed by atoms with Crippen molar-refractivity contribution in [1.82, 2.24) is 5.32 Å². The van der Waals surface area contributed by atoms with Gasteiger partial charge < -0.3 is 15.8 Å². The first-order valence-corrected chi connectivity index (χ1v) is 6.05. The minimum atomic E-state index is -0.788. The number of carbonyl (C=O) groups is 1. The Morgan fingerprint density at radius 2 is 2.25 bits per heavy atom. The third-order valence-corrected chi connectivity index (χ3v) is 3.46. The zero-order valence-corrected chi connectivity index (χ0v) is 10.7. The van der Waals surface area contributed by atoms with Crippen LogP contribution in [-0.4, -0.2) is 30.2 Å². The van der Waals surface area contributed by atoms with Crippen molar-refractivity contribution >= 4 is 23.1 Å². The van der Waals surface area contributed by atoms with E-state index in [2.05, 4.69) is 5.32 Å². The highest BCUT2D eigenvalue weighted by Gasteiger charge is 2.31. The van der Waals surface area contributed by atoms with E-state index >= 15 is 0 Å². The van der Waals surface area contributed by atoms with Gasteiger partial charge in [-0.05, 0) is 33.1 Å². The average molecular weight is 244 g/mol. The minimum absolute atomic E-state index is 0.130. The van der Waals surface area contributed by atoms with E-state index in [1.165, 1.54) is 6.42 Å². The Labute approximate surface area is 102 Å². The molecule has 1 saturated heterocycles. The summed E-state index contributed by atoms with van der Waals surface area (Å²) in [7, 11) is 0. The van der Waals surface area contributed by atoms with Crippen LogP contribution >= 0.6 is 12.2 Å². The van der Waals surface area contributed by atoms with Crippen LogP contribution in [0.15, 0.2) is 0 Å². The summed E-state index contributed by atoms with van der Waals surface area (Å²) in [6.07, 6.45) is 3.43. The molecule has 1 atom stereocenters. The Bertz CT molecular complexity index is 273. The number of thiocarbonyl (C=S) groups is 1. The topological polar surface area (TPSA) is 64.3 Å². The SMILES string of the molecule is CC(C)(C(=O)NCC1CCCCO1)C(N)=S. The van der Waals surface area contributed by atoms with Crippen LogP contribution in [0.4, 0.5) is 0 Å². The molecule has 1 fully saturated rings. The quantitative estimate of drug-likeness (QED) is 0.724. The second-order valence-electron chi connectivity index (χ2n) is 4.69. The van der Waals surface area contributed by atoms with Gasteiger partial charge in [0, 0.05) is 13.2 Å². The summed E-state index contributed by atoms with van der Waals surface area (Å²) in [5, 5.41) is 2.84. The second-order valence-corrected chi connectivity index (χ2v) is 5.13. The van der Waals surface area contributed by atoms with Crippen LogP contribution in [0.25, 0.3) is 0 Å². The number of hydrogen-bond donors (Lipinski definition) is 2. The van der Waals surface area contributed by atoms with Crippen LogP contribution in [0.1, 0.15) is 33.1 Å². The predicted molar refractivity (Wildman–Crippen MR) is 67.2 cm³/mol. The minimum Gasteiger partial charge on any atom is -0.392 e. The van der Waals surface area contributed by atoms with Crippen molar-refractivity contribution in [2.45, 2.75) is 39.2 Å². The summed E-state index contributed by atoms with van der Waals surface area (Å²) in [4.78, 5) is 12.0. The standard InChI is InChI=1S/C11H20N2O2S/c1-11(2,9(12)16)10(14)13-7-8-5-3-4-6-15-8/h8H,3-7H2,1-2H3,(H2,12,16)(H,13,14). The molecule has 0 saturated carbocycles. The van der Waals surface area contributed by atoms with Crippen molar-refractivity contribution in [3.63, 3.8) is 0 Å². The Morgan fingerprint density at radius 3 is 2.75 bits per heavy atom. The lowest BCUT2D eigenvalue weighted by Gasteiger charge is -2.26. The summed E-state index contributed by atoms with van der Waals surface area (Å²) >= 11 is 4.86. The van der Waals surface area contributed by atoms with Gasteiger partial charge in [0.15, 0.2) is 0 Å². The molecule has 1 aliphatic rings. The Hall–Kier alpha value is -0.680. The summed E-state index contributed by atoms with van der Waals surface area (Å²) in [5.41, 5.74) is 4.73. The maximum absolute atomic E-state index is 11.8. The zero-order chi connectivity index (χ0) is 12.2. The third kappa shape index (κ3) is 3.42. The van der Waals surface area contributed by atoms with E-state index in [0.717, 1.165) is 19.4 Å². The van der Waals surface area contributed by atoms with Gasteiger partial charge in [-0.3, -0.25) is 4.79 Å². The molecule has 16 heavy (non-hydrogen) atoms. The molecule has 0 bridgehead atoms. The molecular formula is C11H20N2O2S. The molecule has 0 aromatic carbocycles. The fraction of sp³-hybridized carbons (Fsp3) is 0.818. The fourth-order valence-corrected chi connectivity index (χ4v) is 1.60. The molecule has 0 aromatic rings. The van der Waals surface area contributed by atoms with Crippen molar-refractivity contribution in [2.24, 2.45) is 11.1 Å². The van der Waals surface area contributed by atoms with Crippen LogP contribution in [-0.2, 0) is 9.53 Å². The van der Waals surface area contributed by atoms with Crippen LogP contribution in [0, 0.1) is 5.41 Å². The monoisotopic (exact) mass is 244 g/mol. The molecule has 1 heterocycles. The van der Waals surface area contributed by atoms with Crippen LogP contribution in [0.3, 0.4) is 0 Å². The maximum Gasteiger partial charge on any atom is 0.232 e. The van der Waals surface area contributed by atoms with E-state index in [1.54, 1.807) is 13.8 Å². The van der Waals surface area contributed by atoms with Crippen molar-refractivity contribution in [2.75, 3.05) is 13.2 Å². The number of rotatable bonds is 4. The van der Waals surface area contributed by atoms with E-state index in [0.29, 0.717) is 6.54 Å². The van der Waals surface area contributed by atoms with Gasteiger partial charge in [-0.2, -0.15) is 0 Å². The molecular weight excluding hydrogens is 224 g/mol. The summed E-state index contributed by atoms with van der Waals surface area (Å²) in [6.45, 7) is 4.79. The van der Waals surface area contributed by atoms with E-state index in [1.807, 2.05) is 0 Å². The highest BCUT2D eigenvalue weighted by Crippen LogP contribution is 2.16. The lowest BCUT2D eigenvalue weighted by atomic mass is 9.92. The number of nitrogens with two attached hydrogens (primary N) is 1. The third-order valence-electron chi connectivity index (χ3n) is 2.95. The maximum atomic E-state index is 11.8. The molecule has 1 rings (SSSR count). The van der Waals surface area contributed by atoms with Crippen LogP contribution < -0.4 is 11.1 Å². The number of ether oxygens (including phenoxy) is 1. The summed E-state index contributed by atoms with van der Waals surface area (Å²) in [5.74, 6) is -0.130. The molecule has 1 amide bonds. The van der Waals surface area contributed by atoms with Crippen molar-refractivity contribution in [3.8, 4) is 0 Å². The van der Waals surface area contributed by atoms with E-state index in [-0.39, 0.29) is 17.0 Å². The van der Waals surface area contributed by atoms with Crippen molar-refractivity contribution in [3.05, 3.63) is 0 Å². The first-order valence-electron chi connectivity index (χ1n) is 5.64. The van der Waals surface area contributed by atoms with Gasteiger partial charge in [-0.25, -0.2) is 0 Å². The molecule has 0 aliphatic carbocycles. The van der Waals surface area contributed by atoms with Gasteiger partial charge in [-0.15, -0.1) is 0 Å². The van der Waals surface area contributed by atoms with E-state index < -0.39 is 5.41 Å². The number of nitrogens with one attached hydrogen (secondary N) is 1. The van der Waals surface area contributed by atoms with Crippen LogP contribution in [0.2, 0.25) is 0 Å². The largest absolute Gasteiger partial charge is 0.392 e. The van der Waals surface area contributed by atoms with Crippen LogP contribution in [0.5, 0.6) is 0 Å². The highest BCUT2D eigenvalue weighted by atomic mass is 32.1. The molecule has 1 unspecified atom stereocenters. The molecule has 0 spiro atoms. The van der Waals surface area contributed by atoms with E-state index in [9.17, 15) is 4.79 Å².